The highest BCUT2D eigenvalue weighted by Gasteiger charge is 2.33. The fraction of sp³-hybridized carbons (Fsp3) is 0.455. The van der Waals surface area contributed by atoms with Gasteiger partial charge in [0.15, 0.2) is 5.92 Å². The first-order valence-corrected chi connectivity index (χ1v) is 6.20. The second-order valence-electron chi connectivity index (χ2n) is 3.20. The number of carbonyl (C=O) groups excluding carboxylic acids is 2. The number of esters is 2. The van der Waals surface area contributed by atoms with Crippen molar-refractivity contribution in [1.29, 1.82) is 0 Å². The summed E-state index contributed by atoms with van der Waals surface area (Å²) in [6.45, 7) is 3.68. The van der Waals surface area contributed by atoms with E-state index < -0.39 is 17.9 Å². The highest BCUT2D eigenvalue weighted by molar-refractivity contribution is 9.10. The minimum Gasteiger partial charge on any atom is -0.465 e. The number of carbonyl (C=O) groups is 2. The van der Waals surface area contributed by atoms with E-state index in [2.05, 4.69) is 25.9 Å². The van der Waals surface area contributed by atoms with Crippen LogP contribution in [0.5, 0.6) is 0 Å². The third-order valence-electron chi connectivity index (χ3n) is 1.98. The van der Waals surface area contributed by atoms with E-state index >= 15 is 0 Å². The van der Waals surface area contributed by atoms with Crippen molar-refractivity contribution in [3.8, 4) is 0 Å². The van der Waals surface area contributed by atoms with Crippen molar-refractivity contribution in [2.24, 2.45) is 0 Å². The lowest BCUT2D eigenvalue weighted by molar-refractivity contribution is -0.157. The first-order valence-electron chi connectivity index (χ1n) is 5.40. The van der Waals surface area contributed by atoms with E-state index in [1.54, 1.807) is 13.8 Å². The Hall–Kier alpha value is -1.50. The van der Waals surface area contributed by atoms with Crippen molar-refractivity contribution in [2.45, 2.75) is 19.8 Å². The molecule has 1 heterocycles. The van der Waals surface area contributed by atoms with Crippen LogP contribution < -0.4 is 0 Å². The molecule has 0 aromatic carbocycles. The lowest BCUT2D eigenvalue weighted by atomic mass is 10.1. The molecule has 0 aliphatic rings. The fourth-order valence-electron chi connectivity index (χ4n) is 1.26. The smallest absolute Gasteiger partial charge is 0.326 e. The summed E-state index contributed by atoms with van der Waals surface area (Å²) in [6.07, 6.45) is 2.74. The monoisotopic (exact) mass is 316 g/mol. The second kappa shape index (κ2) is 7.05. The summed E-state index contributed by atoms with van der Waals surface area (Å²) < 4.78 is 10.2. The van der Waals surface area contributed by atoms with Crippen LogP contribution in [0.1, 0.15) is 25.5 Å². The van der Waals surface area contributed by atoms with Gasteiger partial charge < -0.3 is 9.47 Å². The van der Waals surface area contributed by atoms with Crippen molar-refractivity contribution >= 4 is 27.9 Å². The Labute approximate surface area is 113 Å². The maximum Gasteiger partial charge on any atom is 0.326 e. The normalized spacial score (nSPS) is 10.2. The molecule has 1 rings (SSSR count). The summed E-state index contributed by atoms with van der Waals surface area (Å²) in [5.74, 6) is -2.56. The van der Waals surface area contributed by atoms with Crippen molar-refractivity contribution < 1.29 is 19.1 Å². The maximum atomic E-state index is 11.7. The zero-order valence-electron chi connectivity index (χ0n) is 10.1. The van der Waals surface area contributed by atoms with E-state index in [0.717, 1.165) is 0 Å². The Morgan fingerprint density at radius 3 is 2.11 bits per heavy atom. The maximum absolute atomic E-state index is 11.7. The van der Waals surface area contributed by atoms with E-state index in [-0.39, 0.29) is 18.9 Å². The van der Waals surface area contributed by atoms with Gasteiger partial charge in [-0.2, -0.15) is 0 Å². The summed E-state index contributed by atoms with van der Waals surface area (Å²) in [7, 11) is 0. The van der Waals surface area contributed by atoms with Crippen LogP contribution in [-0.2, 0) is 19.1 Å². The van der Waals surface area contributed by atoms with E-state index in [9.17, 15) is 9.59 Å². The number of nitrogens with zero attached hydrogens (tertiary/aromatic N) is 2. The molecule has 18 heavy (non-hydrogen) atoms. The number of halogens is 1. The molecule has 6 nitrogen and oxygen atoms in total. The van der Waals surface area contributed by atoms with Crippen LogP contribution in [0.2, 0.25) is 0 Å². The second-order valence-corrected chi connectivity index (χ2v) is 4.01. The summed E-state index contributed by atoms with van der Waals surface area (Å²) in [6, 6.07) is 0. The fourth-order valence-corrected chi connectivity index (χ4v) is 1.46. The summed E-state index contributed by atoms with van der Waals surface area (Å²) in [5.41, 5.74) is 0.204. The van der Waals surface area contributed by atoms with E-state index in [1.807, 2.05) is 0 Å². The predicted octanol–water partition coefficient (Wildman–Crippen LogP) is 1.45. The Bertz CT molecular complexity index is 404. The zero-order valence-corrected chi connectivity index (χ0v) is 11.6. The Morgan fingerprint density at radius 1 is 1.17 bits per heavy atom. The molecule has 98 valence electrons. The third-order valence-corrected chi connectivity index (χ3v) is 2.39. The van der Waals surface area contributed by atoms with E-state index in [4.69, 9.17) is 9.47 Å². The molecule has 0 fully saturated rings. The number of aromatic nitrogens is 2. The van der Waals surface area contributed by atoms with Crippen LogP contribution in [0, 0.1) is 0 Å². The average molecular weight is 317 g/mol. The first kappa shape index (κ1) is 14.6. The molecular formula is C11H13BrN2O4. The van der Waals surface area contributed by atoms with Crippen LogP contribution in [0.15, 0.2) is 17.0 Å². The number of ether oxygens (including phenoxy) is 2. The van der Waals surface area contributed by atoms with Gasteiger partial charge in [-0.1, -0.05) is 0 Å². The first-order chi connectivity index (χ1) is 8.60. The van der Waals surface area contributed by atoms with Gasteiger partial charge in [-0.25, -0.2) is 4.98 Å². The molecule has 1 aromatic heterocycles. The van der Waals surface area contributed by atoms with Crippen LogP contribution in [-0.4, -0.2) is 35.1 Å². The SMILES string of the molecule is CCOC(=O)C(C(=O)OCC)c1cnc(Br)cn1. The minimum atomic E-state index is -1.19. The van der Waals surface area contributed by atoms with Crippen molar-refractivity contribution in [2.75, 3.05) is 13.2 Å². The van der Waals surface area contributed by atoms with Gasteiger partial charge in [0.05, 0.1) is 31.3 Å². The van der Waals surface area contributed by atoms with Gasteiger partial charge in [-0.05, 0) is 29.8 Å². The average Bonchev–Trinajstić information content (AvgIpc) is 2.33. The molecule has 7 heteroatoms. The molecule has 0 saturated heterocycles. The topological polar surface area (TPSA) is 78.4 Å². The van der Waals surface area contributed by atoms with E-state index in [0.29, 0.717) is 4.60 Å². The Morgan fingerprint density at radius 2 is 1.72 bits per heavy atom. The van der Waals surface area contributed by atoms with Gasteiger partial charge in [-0.3, -0.25) is 14.6 Å². The standard InChI is InChI=1S/C11H13BrN2O4/c1-3-17-10(15)9(11(16)18-4-2)7-5-14-8(12)6-13-7/h5-6,9H,3-4H2,1-2H3. The Balaban J connectivity index is 2.99. The van der Waals surface area contributed by atoms with Gasteiger partial charge in [0.1, 0.15) is 4.60 Å². The highest BCUT2D eigenvalue weighted by Crippen LogP contribution is 2.17. The summed E-state index contributed by atoms with van der Waals surface area (Å²) >= 11 is 3.12. The van der Waals surface area contributed by atoms with E-state index in [1.165, 1.54) is 12.4 Å². The minimum absolute atomic E-state index is 0.179. The van der Waals surface area contributed by atoms with Crippen LogP contribution in [0.4, 0.5) is 0 Å². The predicted molar refractivity (Wildman–Crippen MR) is 65.7 cm³/mol. The summed E-state index contributed by atoms with van der Waals surface area (Å²) in [4.78, 5) is 31.4. The largest absolute Gasteiger partial charge is 0.465 e. The molecule has 0 atom stereocenters. The van der Waals surface area contributed by atoms with Gasteiger partial charge in [0.2, 0.25) is 0 Å². The number of rotatable bonds is 5. The molecule has 0 aliphatic carbocycles. The third kappa shape index (κ3) is 3.76. The van der Waals surface area contributed by atoms with Crippen molar-refractivity contribution in [1.82, 2.24) is 9.97 Å². The number of hydrogen-bond donors (Lipinski definition) is 0. The molecule has 0 spiro atoms. The molecule has 0 saturated carbocycles. The van der Waals surface area contributed by atoms with Crippen LogP contribution >= 0.6 is 15.9 Å². The molecule has 1 aromatic rings. The van der Waals surface area contributed by atoms with Gasteiger partial charge >= 0.3 is 11.9 Å². The molecule has 0 bridgehead atoms. The van der Waals surface area contributed by atoms with Crippen molar-refractivity contribution in [3.05, 3.63) is 22.7 Å². The summed E-state index contributed by atoms with van der Waals surface area (Å²) in [5, 5.41) is 0. The van der Waals surface area contributed by atoms with Crippen molar-refractivity contribution in [3.63, 3.8) is 0 Å². The van der Waals surface area contributed by atoms with Crippen LogP contribution in [0.3, 0.4) is 0 Å². The molecule has 0 N–H and O–H groups in total. The number of hydrogen-bond acceptors (Lipinski definition) is 6. The van der Waals surface area contributed by atoms with Gasteiger partial charge in [-0.15, -0.1) is 0 Å². The van der Waals surface area contributed by atoms with Gasteiger partial charge in [0, 0.05) is 0 Å². The molecular weight excluding hydrogens is 304 g/mol. The molecule has 0 radical (unpaired) electrons. The molecule has 0 unspecified atom stereocenters. The highest BCUT2D eigenvalue weighted by atomic mass is 79.9. The quantitative estimate of drug-likeness (QED) is 0.604. The lowest BCUT2D eigenvalue weighted by Crippen LogP contribution is -2.27. The van der Waals surface area contributed by atoms with Gasteiger partial charge in [0.25, 0.3) is 0 Å². The molecule has 0 aliphatic heterocycles. The van der Waals surface area contributed by atoms with Crippen LogP contribution in [0.25, 0.3) is 0 Å². The zero-order chi connectivity index (χ0) is 13.5. The lowest BCUT2D eigenvalue weighted by Gasteiger charge is -2.13. The molecule has 0 amide bonds. The Kier molecular flexibility index (Phi) is 5.70.